The van der Waals surface area contributed by atoms with E-state index in [2.05, 4.69) is 6.92 Å². The summed E-state index contributed by atoms with van der Waals surface area (Å²) in [5, 5.41) is 0. The molecule has 0 N–H and O–H groups in total. The molecular formula is C22H40O4. The largest absolute Gasteiger partial charge is 0.465 e. The molecule has 0 heterocycles. The molecule has 0 spiro atoms. The topological polar surface area (TPSA) is 52.6 Å². The number of carbonyl (C=O) groups is 2. The van der Waals surface area contributed by atoms with Crippen molar-refractivity contribution in [1.82, 2.24) is 0 Å². The van der Waals surface area contributed by atoms with E-state index in [0.29, 0.717) is 37.4 Å². The predicted molar refractivity (Wildman–Crippen MR) is 105 cm³/mol. The fourth-order valence-electron chi connectivity index (χ4n) is 3.71. The number of rotatable bonds is 11. The third kappa shape index (κ3) is 8.55. The van der Waals surface area contributed by atoms with Gasteiger partial charge in [0.2, 0.25) is 0 Å². The lowest BCUT2D eigenvalue weighted by molar-refractivity contribution is -0.163. The minimum atomic E-state index is -0.375. The number of carbonyl (C=O) groups excluding carboxylic acids is 2. The van der Waals surface area contributed by atoms with E-state index < -0.39 is 0 Å². The molecule has 1 fully saturated rings. The van der Waals surface area contributed by atoms with Crippen LogP contribution in [0.4, 0.5) is 0 Å². The van der Waals surface area contributed by atoms with Crippen LogP contribution in [-0.2, 0) is 19.1 Å². The van der Waals surface area contributed by atoms with Crippen molar-refractivity contribution in [3.8, 4) is 0 Å². The van der Waals surface area contributed by atoms with Gasteiger partial charge in [0.15, 0.2) is 0 Å². The summed E-state index contributed by atoms with van der Waals surface area (Å²) in [6.07, 6.45) is 8.38. The normalized spacial score (nSPS) is 18.0. The van der Waals surface area contributed by atoms with Crippen LogP contribution in [-0.4, -0.2) is 25.2 Å². The Balaban J connectivity index is 2.87. The molecule has 1 aliphatic carbocycles. The number of hydrogen-bond acceptors (Lipinski definition) is 4. The summed E-state index contributed by atoms with van der Waals surface area (Å²) in [5.74, 6) is -0.0424. The summed E-state index contributed by atoms with van der Waals surface area (Å²) >= 11 is 0. The van der Waals surface area contributed by atoms with E-state index in [1.165, 1.54) is 19.3 Å². The Morgan fingerprint density at radius 2 is 1.35 bits per heavy atom. The molecule has 0 amide bonds. The van der Waals surface area contributed by atoms with Gasteiger partial charge in [-0.05, 0) is 30.6 Å². The zero-order valence-electron chi connectivity index (χ0n) is 17.6. The summed E-state index contributed by atoms with van der Waals surface area (Å²) in [6, 6.07) is 0. The molecule has 0 radical (unpaired) electrons. The van der Waals surface area contributed by atoms with Gasteiger partial charge in [-0.15, -0.1) is 0 Å². The second-order valence-corrected chi connectivity index (χ2v) is 8.79. The Morgan fingerprint density at radius 3 is 1.81 bits per heavy atom. The minimum absolute atomic E-state index is 0.204. The molecule has 2 atom stereocenters. The highest BCUT2D eigenvalue weighted by atomic mass is 16.5. The molecule has 0 aromatic heterocycles. The van der Waals surface area contributed by atoms with Gasteiger partial charge in [-0.1, -0.05) is 73.1 Å². The first-order valence-corrected chi connectivity index (χ1v) is 10.7. The van der Waals surface area contributed by atoms with E-state index in [-0.39, 0.29) is 23.8 Å². The highest BCUT2D eigenvalue weighted by Crippen LogP contribution is 2.34. The summed E-state index contributed by atoms with van der Waals surface area (Å²) in [4.78, 5) is 25.6. The second kappa shape index (κ2) is 12.3. The molecule has 0 aromatic rings. The zero-order chi connectivity index (χ0) is 19.5. The molecule has 0 aromatic carbocycles. The van der Waals surface area contributed by atoms with E-state index in [0.717, 1.165) is 25.7 Å². The molecule has 2 unspecified atom stereocenters. The van der Waals surface area contributed by atoms with E-state index in [4.69, 9.17) is 9.47 Å². The van der Waals surface area contributed by atoms with Crippen molar-refractivity contribution in [3.63, 3.8) is 0 Å². The van der Waals surface area contributed by atoms with E-state index in [9.17, 15) is 9.59 Å². The van der Waals surface area contributed by atoms with Gasteiger partial charge in [0.05, 0.1) is 25.0 Å². The highest BCUT2D eigenvalue weighted by Gasteiger charge is 2.37. The van der Waals surface area contributed by atoms with Gasteiger partial charge >= 0.3 is 11.9 Å². The van der Waals surface area contributed by atoms with Gasteiger partial charge in [0, 0.05) is 0 Å². The van der Waals surface area contributed by atoms with Crippen LogP contribution in [0.15, 0.2) is 0 Å². The fourth-order valence-corrected chi connectivity index (χ4v) is 3.71. The molecule has 1 aliphatic rings. The highest BCUT2D eigenvalue weighted by molar-refractivity contribution is 5.82. The zero-order valence-corrected chi connectivity index (χ0v) is 17.6. The summed E-state index contributed by atoms with van der Waals surface area (Å²) in [6.45, 7) is 11.0. The Kier molecular flexibility index (Phi) is 10.9. The second-order valence-electron chi connectivity index (χ2n) is 8.79. The summed E-state index contributed by atoms with van der Waals surface area (Å²) in [5.41, 5.74) is 0. The lowest BCUT2D eigenvalue weighted by Gasteiger charge is -2.30. The fraction of sp³-hybridized carbons (Fsp3) is 0.909. The molecule has 0 aliphatic heterocycles. The first-order chi connectivity index (χ1) is 12.3. The van der Waals surface area contributed by atoms with Crippen LogP contribution in [0, 0.1) is 29.6 Å². The molecule has 1 saturated carbocycles. The van der Waals surface area contributed by atoms with Crippen LogP contribution in [0.25, 0.3) is 0 Å². The lowest BCUT2D eigenvalue weighted by atomic mass is 9.77. The summed E-state index contributed by atoms with van der Waals surface area (Å²) < 4.78 is 11.1. The van der Waals surface area contributed by atoms with Gasteiger partial charge in [-0.25, -0.2) is 0 Å². The van der Waals surface area contributed by atoms with Crippen molar-refractivity contribution in [1.29, 1.82) is 0 Å². The molecule has 0 saturated heterocycles. The van der Waals surface area contributed by atoms with E-state index >= 15 is 0 Å². The SMILES string of the molecule is CCCC(C(=O)OCC(C)C)C(CC1CCCCC1)C(=O)OCC(C)C. The van der Waals surface area contributed by atoms with Crippen LogP contribution in [0.3, 0.4) is 0 Å². The van der Waals surface area contributed by atoms with Crippen LogP contribution >= 0.6 is 0 Å². The maximum atomic E-state index is 12.9. The first kappa shape index (κ1) is 23.0. The number of esters is 2. The quantitative estimate of drug-likeness (QED) is 0.459. The third-order valence-corrected chi connectivity index (χ3v) is 5.12. The Hall–Kier alpha value is -1.06. The number of hydrogen-bond donors (Lipinski definition) is 0. The standard InChI is InChI=1S/C22H40O4/c1-6-10-19(21(23)25-14-16(2)3)20(22(24)26-15-17(4)5)13-18-11-8-7-9-12-18/h16-20H,6-15H2,1-5H3. The van der Waals surface area contributed by atoms with Crippen molar-refractivity contribution < 1.29 is 19.1 Å². The molecular weight excluding hydrogens is 328 g/mol. The Bertz CT molecular complexity index is 410. The van der Waals surface area contributed by atoms with Gasteiger partial charge in [0.1, 0.15) is 0 Å². The third-order valence-electron chi connectivity index (χ3n) is 5.12. The smallest absolute Gasteiger partial charge is 0.309 e. The van der Waals surface area contributed by atoms with Crippen LogP contribution in [0.5, 0.6) is 0 Å². The van der Waals surface area contributed by atoms with E-state index in [1.807, 2.05) is 27.7 Å². The van der Waals surface area contributed by atoms with Gasteiger partial charge in [0.25, 0.3) is 0 Å². The van der Waals surface area contributed by atoms with Gasteiger partial charge in [-0.3, -0.25) is 9.59 Å². The van der Waals surface area contributed by atoms with Gasteiger partial charge in [-0.2, -0.15) is 0 Å². The molecule has 26 heavy (non-hydrogen) atoms. The molecule has 4 heteroatoms. The maximum Gasteiger partial charge on any atom is 0.309 e. The van der Waals surface area contributed by atoms with Crippen molar-refractivity contribution in [2.45, 2.75) is 86.0 Å². The molecule has 0 bridgehead atoms. The predicted octanol–water partition coefficient (Wildman–Crippen LogP) is 5.39. The molecule has 4 nitrogen and oxygen atoms in total. The van der Waals surface area contributed by atoms with Crippen molar-refractivity contribution in [2.75, 3.05) is 13.2 Å². The van der Waals surface area contributed by atoms with Crippen LogP contribution < -0.4 is 0 Å². The van der Waals surface area contributed by atoms with Crippen molar-refractivity contribution in [3.05, 3.63) is 0 Å². The van der Waals surface area contributed by atoms with Gasteiger partial charge < -0.3 is 9.47 Å². The first-order valence-electron chi connectivity index (χ1n) is 10.7. The molecule has 152 valence electrons. The Labute approximate surface area is 160 Å². The lowest BCUT2D eigenvalue weighted by Crippen LogP contribution is -2.35. The minimum Gasteiger partial charge on any atom is -0.465 e. The Morgan fingerprint density at radius 1 is 0.846 bits per heavy atom. The van der Waals surface area contributed by atoms with Crippen molar-refractivity contribution in [2.24, 2.45) is 29.6 Å². The van der Waals surface area contributed by atoms with Crippen LogP contribution in [0.1, 0.15) is 86.0 Å². The van der Waals surface area contributed by atoms with Crippen LogP contribution in [0.2, 0.25) is 0 Å². The van der Waals surface area contributed by atoms with Crippen molar-refractivity contribution >= 4 is 11.9 Å². The molecule has 1 rings (SSSR count). The summed E-state index contributed by atoms with van der Waals surface area (Å²) in [7, 11) is 0. The maximum absolute atomic E-state index is 12.9. The average molecular weight is 369 g/mol. The average Bonchev–Trinajstić information content (AvgIpc) is 2.61. The monoisotopic (exact) mass is 368 g/mol. The van der Waals surface area contributed by atoms with E-state index in [1.54, 1.807) is 0 Å². The number of ether oxygens (including phenoxy) is 2.